The van der Waals surface area contributed by atoms with Crippen LogP contribution in [-0.2, 0) is 15.6 Å². The Morgan fingerprint density at radius 2 is 1.82 bits per heavy atom. The fraction of sp³-hybridized carbons (Fsp3) is 0.348. The molecule has 0 saturated heterocycles. The molecule has 0 fully saturated rings. The van der Waals surface area contributed by atoms with Crippen LogP contribution in [0.2, 0.25) is 0 Å². The normalized spacial score (nSPS) is 13.0. The summed E-state index contributed by atoms with van der Waals surface area (Å²) in [4.78, 5) is 4.23. The van der Waals surface area contributed by atoms with Crippen molar-refractivity contribution < 1.29 is 23.0 Å². The summed E-state index contributed by atoms with van der Waals surface area (Å²) in [5.74, 6) is 5.96. The number of aliphatic hydroxyl groups excluding tert-OH is 1. The van der Waals surface area contributed by atoms with Crippen molar-refractivity contribution in [2.75, 3.05) is 14.2 Å². The molecular weight excluding hydrogens is 444 g/mol. The van der Waals surface area contributed by atoms with Gasteiger partial charge in [0.15, 0.2) is 21.5 Å². The van der Waals surface area contributed by atoms with E-state index in [4.69, 9.17) is 9.47 Å². The number of ether oxygens (including phenoxy) is 2. The smallest absolute Gasteiger partial charge is 0.170 e. The third kappa shape index (κ3) is 4.99. The van der Waals surface area contributed by atoms with Crippen LogP contribution in [0.4, 0.5) is 0 Å². The van der Waals surface area contributed by atoms with Gasteiger partial charge in [0.2, 0.25) is 0 Å². The van der Waals surface area contributed by atoms with Crippen LogP contribution in [-0.4, -0.2) is 58.8 Å². The molecule has 33 heavy (non-hydrogen) atoms. The fourth-order valence-corrected chi connectivity index (χ4v) is 4.60. The Bertz CT molecular complexity index is 1290. The average molecular weight is 471 g/mol. The standard InChI is InChI=1S/C23H26N4O5S/c1-6-8-18(28)16(3)33(29,30)14-21-25-26-23(17-11-15(2)12-24-13-17)27(21)22-19(31-4)9-7-10-20(22)32-5/h7,9-13,16,18,28H,14H2,1-5H3/t16-,18+/m0/s1. The Morgan fingerprint density at radius 1 is 1.15 bits per heavy atom. The van der Waals surface area contributed by atoms with Crippen molar-refractivity contribution in [3.63, 3.8) is 0 Å². The summed E-state index contributed by atoms with van der Waals surface area (Å²) in [6, 6.07) is 7.10. The number of rotatable bonds is 8. The molecule has 2 atom stereocenters. The molecule has 174 valence electrons. The number of para-hydroxylation sites is 1. The van der Waals surface area contributed by atoms with Gasteiger partial charge in [-0.1, -0.05) is 12.0 Å². The predicted octanol–water partition coefficient (Wildman–Crippen LogP) is 2.34. The zero-order valence-corrected chi connectivity index (χ0v) is 19.9. The minimum absolute atomic E-state index is 0.137. The minimum Gasteiger partial charge on any atom is -0.494 e. The highest BCUT2D eigenvalue weighted by Gasteiger charge is 2.31. The van der Waals surface area contributed by atoms with Gasteiger partial charge in [-0.3, -0.25) is 9.55 Å². The number of benzene rings is 1. The molecule has 1 N–H and O–H groups in total. The second-order valence-electron chi connectivity index (χ2n) is 7.39. The first-order chi connectivity index (χ1) is 15.7. The molecule has 3 aromatic rings. The molecule has 0 unspecified atom stereocenters. The molecule has 2 aromatic heterocycles. The number of methoxy groups -OCH3 is 2. The van der Waals surface area contributed by atoms with Crippen molar-refractivity contribution >= 4 is 9.84 Å². The van der Waals surface area contributed by atoms with Gasteiger partial charge >= 0.3 is 0 Å². The lowest BCUT2D eigenvalue weighted by atomic mass is 10.2. The first-order valence-electron chi connectivity index (χ1n) is 10.1. The van der Waals surface area contributed by atoms with E-state index in [-0.39, 0.29) is 5.82 Å². The lowest BCUT2D eigenvalue weighted by Gasteiger charge is -2.19. The first-order valence-corrected chi connectivity index (χ1v) is 11.8. The van der Waals surface area contributed by atoms with Crippen molar-refractivity contribution in [1.29, 1.82) is 0 Å². The Morgan fingerprint density at radius 3 is 2.39 bits per heavy atom. The van der Waals surface area contributed by atoms with Crippen LogP contribution in [0.15, 0.2) is 36.7 Å². The number of hydrogen-bond donors (Lipinski definition) is 1. The number of aryl methyl sites for hydroxylation is 1. The lowest BCUT2D eigenvalue weighted by Crippen LogP contribution is -2.32. The topological polar surface area (TPSA) is 116 Å². The van der Waals surface area contributed by atoms with Gasteiger partial charge in [0.25, 0.3) is 0 Å². The van der Waals surface area contributed by atoms with Gasteiger partial charge in [-0.2, -0.15) is 0 Å². The monoisotopic (exact) mass is 470 g/mol. The van der Waals surface area contributed by atoms with Crippen LogP contribution in [0.3, 0.4) is 0 Å². The van der Waals surface area contributed by atoms with Crippen LogP contribution in [0.1, 0.15) is 25.2 Å². The van der Waals surface area contributed by atoms with E-state index in [2.05, 4.69) is 27.0 Å². The maximum Gasteiger partial charge on any atom is 0.170 e. The quantitative estimate of drug-likeness (QED) is 0.499. The summed E-state index contributed by atoms with van der Waals surface area (Å²) >= 11 is 0. The maximum atomic E-state index is 13.1. The largest absolute Gasteiger partial charge is 0.494 e. The van der Waals surface area contributed by atoms with E-state index in [1.54, 1.807) is 35.2 Å². The molecule has 0 saturated carbocycles. The van der Waals surface area contributed by atoms with Crippen molar-refractivity contribution in [2.45, 2.75) is 37.9 Å². The number of aliphatic hydroxyl groups is 1. The summed E-state index contributed by atoms with van der Waals surface area (Å²) in [5, 5.41) is 17.5. The van der Waals surface area contributed by atoms with Crippen molar-refractivity contribution in [2.24, 2.45) is 0 Å². The molecule has 0 aliphatic carbocycles. The molecule has 2 heterocycles. The van der Waals surface area contributed by atoms with Crippen molar-refractivity contribution in [1.82, 2.24) is 19.7 Å². The second-order valence-corrected chi connectivity index (χ2v) is 9.75. The SMILES string of the molecule is CC#C[C@@H](O)[C@H](C)S(=O)(=O)Cc1nnc(-c2cncc(C)c2)n1-c1c(OC)cccc1OC. The van der Waals surface area contributed by atoms with Crippen LogP contribution < -0.4 is 9.47 Å². The Balaban J connectivity index is 2.25. The van der Waals surface area contributed by atoms with E-state index >= 15 is 0 Å². The van der Waals surface area contributed by atoms with Gasteiger partial charge in [0.1, 0.15) is 29.0 Å². The molecule has 0 amide bonds. The molecule has 3 rings (SSSR count). The zero-order valence-electron chi connectivity index (χ0n) is 19.1. The van der Waals surface area contributed by atoms with E-state index in [0.717, 1.165) is 5.56 Å². The fourth-order valence-electron chi connectivity index (χ4n) is 3.33. The zero-order chi connectivity index (χ0) is 24.2. The molecule has 0 spiro atoms. The van der Waals surface area contributed by atoms with Crippen LogP contribution >= 0.6 is 0 Å². The van der Waals surface area contributed by atoms with Gasteiger partial charge in [-0.25, -0.2) is 8.42 Å². The highest BCUT2D eigenvalue weighted by molar-refractivity contribution is 7.91. The van der Waals surface area contributed by atoms with Gasteiger partial charge in [0, 0.05) is 18.0 Å². The van der Waals surface area contributed by atoms with Gasteiger partial charge in [0.05, 0.1) is 19.5 Å². The van der Waals surface area contributed by atoms with Gasteiger partial charge in [-0.05, 0) is 44.5 Å². The molecule has 1 aromatic carbocycles. The van der Waals surface area contributed by atoms with Crippen LogP contribution in [0.5, 0.6) is 11.5 Å². The van der Waals surface area contributed by atoms with E-state index < -0.39 is 26.9 Å². The van der Waals surface area contributed by atoms with E-state index in [0.29, 0.717) is 28.6 Å². The highest BCUT2D eigenvalue weighted by Crippen LogP contribution is 2.36. The summed E-state index contributed by atoms with van der Waals surface area (Å²) in [7, 11) is -0.837. The Kier molecular flexibility index (Phi) is 7.36. The van der Waals surface area contributed by atoms with E-state index in [9.17, 15) is 13.5 Å². The molecule has 9 nitrogen and oxygen atoms in total. The lowest BCUT2D eigenvalue weighted by molar-refractivity contribution is 0.230. The Hall–Kier alpha value is -3.42. The van der Waals surface area contributed by atoms with Crippen molar-refractivity contribution in [3.05, 3.63) is 48.0 Å². The Labute approximate surface area is 193 Å². The molecule has 0 aliphatic heterocycles. The number of sulfone groups is 1. The number of hydrogen-bond acceptors (Lipinski definition) is 8. The van der Waals surface area contributed by atoms with Crippen LogP contribution in [0.25, 0.3) is 17.1 Å². The van der Waals surface area contributed by atoms with Crippen LogP contribution in [0, 0.1) is 18.8 Å². The van der Waals surface area contributed by atoms with Gasteiger partial charge < -0.3 is 14.6 Å². The summed E-state index contributed by atoms with van der Waals surface area (Å²) in [5.41, 5.74) is 2.00. The molecule has 0 radical (unpaired) electrons. The summed E-state index contributed by atoms with van der Waals surface area (Å²) in [6.45, 7) is 4.85. The second kappa shape index (κ2) is 10.0. The average Bonchev–Trinajstić information content (AvgIpc) is 3.20. The highest BCUT2D eigenvalue weighted by atomic mass is 32.2. The van der Waals surface area contributed by atoms with E-state index in [1.807, 2.05) is 13.0 Å². The molecule has 0 bridgehead atoms. The van der Waals surface area contributed by atoms with E-state index in [1.165, 1.54) is 28.1 Å². The maximum absolute atomic E-state index is 13.1. The van der Waals surface area contributed by atoms with Crippen molar-refractivity contribution in [3.8, 4) is 40.4 Å². The summed E-state index contributed by atoms with van der Waals surface area (Å²) < 4.78 is 38.9. The predicted molar refractivity (Wildman–Crippen MR) is 124 cm³/mol. The van der Waals surface area contributed by atoms with Gasteiger partial charge in [-0.15, -0.1) is 16.1 Å². The molecule has 10 heteroatoms. The number of nitrogens with zero attached hydrogens (tertiary/aromatic N) is 4. The third-order valence-electron chi connectivity index (χ3n) is 5.12. The first kappa shape index (κ1) is 24.2. The number of pyridine rings is 1. The minimum atomic E-state index is -3.85. The third-order valence-corrected chi connectivity index (χ3v) is 7.17. The molecule has 0 aliphatic rings. The molecular formula is C23H26N4O5S. The number of aromatic nitrogens is 4. The summed E-state index contributed by atoms with van der Waals surface area (Å²) in [6.07, 6.45) is 2.01.